The highest BCUT2D eigenvalue weighted by molar-refractivity contribution is 6.05. The van der Waals surface area contributed by atoms with E-state index in [0.29, 0.717) is 36.6 Å². The SMILES string of the molecule is Nc1nc(Cc2ccc(N3CCOCC3)cc2)nc(-c2cccc(NC(=O)c3ccc(C(F)(F)F)cc3)c2CO)n1. The summed E-state index contributed by atoms with van der Waals surface area (Å²) in [6, 6.07) is 16.8. The van der Waals surface area contributed by atoms with Gasteiger partial charge in [0, 0.05) is 47.6 Å². The first-order valence-electron chi connectivity index (χ1n) is 12.8. The van der Waals surface area contributed by atoms with Crippen molar-refractivity contribution in [3.05, 3.63) is 94.8 Å². The minimum Gasteiger partial charge on any atom is -0.392 e. The van der Waals surface area contributed by atoms with E-state index in [0.717, 1.165) is 48.6 Å². The Morgan fingerprint density at radius 2 is 1.68 bits per heavy atom. The van der Waals surface area contributed by atoms with E-state index >= 15 is 0 Å². The molecule has 0 unspecified atom stereocenters. The molecule has 1 aliphatic rings. The second-order valence-electron chi connectivity index (χ2n) is 9.40. The van der Waals surface area contributed by atoms with Crippen LogP contribution in [-0.4, -0.2) is 52.3 Å². The molecule has 41 heavy (non-hydrogen) atoms. The van der Waals surface area contributed by atoms with Crippen LogP contribution in [0.15, 0.2) is 66.7 Å². The standard InChI is InChI=1S/C29H27F3N6O3/c30-29(31,32)20-8-6-19(7-9-20)27(40)34-24-3-1-2-22(23(24)17-39)26-35-25(36-28(33)37-26)16-18-4-10-21(11-5-18)38-12-14-41-15-13-38/h1-11,39H,12-17H2,(H,34,40)(H2,33,35,36,37). The van der Waals surface area contributed by atoms with Gasteiger partial charge >= 0.3 is 6.18 Å². The number of rotatable bonds is 7. The number of hydrogen-bond donors (Lipinski definition) is 3. The summed E-state index contributed by atoms with van der Waals surface area (Å²) in [5.74, 6) is 0.00166. The fraction of sp³-hybridized carbons (Fsp3) is 0.241. The molecule has 12 heteroatoms. The van der Waals surface area contributed by atoms with Crippen molar-refractivity contribution in [2.75, 3.05) is 42.3 Å². The number of carbonyl (C=O) groups is 1. The van der Waals surface area contributed by atoms with Gasteiger partial charge in [-0.15, -0.1) is 0 Å². The molecule has 5 rings (SSSR count). The minimum absolute atomic E-state index is 0.00183. The number of benzene rings is 3. The van der Waals surface area contributed by atoms with Crippen LogP contribution in [0.25, 0.3) is 11.4 Å². The number of ether oxygens (including phenoxy) is 1. The molecule has 0 spiro atoms. The molecule has 1 fully saturated rings. The van der Waals surface area contributed by atoms with Crippen LogP contribution in [0, 0.1) is 0 Å². The van der Waals surface area contributed by atoms with Crippen molar-refractivity contribution in [2.45, 2.75) is 19.2 Å². The normalized spacial score (nSPS) is 13.7. The van der Waals surface area contributed by atoms with Gasteiger partial charge in [0.1, 0.15) is 5.82 Å². The van der Waals surface area contributed by atoms with Crippen molar-refractivity contribution in [2.24, 2.45) is 0 Å². The summed E-state index contributed by atoms with van der Waals surface area (Å²) in [5.41, 5.74) is 8.26. The number of halogens is 3. The minimum atomic E-state index is -4.51. The number of amides is 1. The Morgan fingerprint density at radius 3 is 2.34 bits per heavy atom. The Kier molecular flexibility index (Phi) is 8.13. The third-order valence-electron chi connectivity index (χ3n) is 6.67. The zero-order chi connectivity index (χ0) is 29.0. The maximum absolute atomic E-state index is 12.9. The number of nitrogen functional groups attached to an aromatic ring is 1. The largest absolute Gasteiger partial charge is 0.416 e. The van der Waals surface area contributed by atoms with Gasteiger partial charge in [0.25, 0.3) is 5.91 Å². The summed E-state index contributed by atoms with van der Waals surface area (Å²) in [7, 11) is 0. The Balaban J connectivity index is 1.36. The Bertz CT molecular complexity index is 1520. The van der Waals surface area contributed by atoms with Gasteiger partial charge < -0.3 is 25.8 Å². The van der Waals surface area contributed by atoms with Gasteiger partial charge in [-0.25, -0.2) is 4.98 Å². The number of anilines is 3. The first-order valence-corrected chi connectivity index (χ1v) is 12.8. The van der Waals surface area contributed by atoms with Crippen LogP contribution in [0.5, 0.6) is 0 Å². The van der Waals surface area contributed by atoms with Crippen LogP contribution in [0.1, 0.15) is 32.9 Å². The molecule has 0 radical (unpaired) electrons. The molecule has 1 aliphatic heterocycles. The Morgan fingerprint density at radius 1 is 0.976 bits per heavy atom. The van der Waals surface area contributed by atoms with Crippen molar-refractivity contribution >= 4 is 23.2 Å². The second kappa shape index (κ2) is 11.9. The third kappa shape index (κ3) is 6.61. The zero-order valence-electron chi connectivity index (χ0n) is 21.9. The molecule has 2 heterocycles. The lowest BCUT2D eigenvalue weighted by Gasteiger charge is -2.28. The van der Waals surface area contributed by atoms with Crippen molar-refractivity contribution in [1.82, 2.24) is 15.0 Å². The molecule has 0 bridgehead atoms. The maximum Gasteiger partial charge on any atom is 0.416 e. The van der Waals surface area contributed by atoms with Crippen LogP contribution in [0.3, 0.4) is 0 Å². The molecule has 4 aromatic rings. The molecule has 0 atom stereocenters. The van der Waals surface area contributed by atoms with E-state index in [-0.39, 0.29) is 23.0 Å². The number of alkyl halides is 3. The van der Waals surface area contributed by atoms with Gasteiger partial charge in [-0.2, -0.15) is 23.1 Å². The zero-order valence-corrected chi connectivity index (χ0v) is 21.9. The molecule has 3 aromatic carbocycles. The van der Waals surface area contributed by atoms with E-state index in [9.17, 15) is 23.1 Å². The van der Waals surface area contributed by atoms with E-state index in [4.69, 9.17) is 10.5 Å². The topological polar surface area (TPSA) is 126 Å². The molecule has 0 aliphatic carbocycles. The number of nitrogens with zero attached hydrogens (tertiary/aromatic N) is 4. The summed E-state index contributed by atoms with van der Waals surface area (Å²) in [4.78, 5) is 28.1. The highest BCUT2D eigenvalue weighted by Gasteiger charge is 2.30. The molecule has 1 aromatic heterocycles. The van der Waals surface area contributed by atoms with E-state index in [1.165, 1.54) is 0 Å². The fourth-order valence-electron chi connectivity index (χ4n) is 4.56. The predicted molar refractivity (Wildman–Crippen MR) is 147 cm³/mol. The van der Waals surface area contributed by atoms with Crippen LogP contribution >= 0.6 is 0 Å². The average molecular weight is 565 g/mol. The number of aliphatic hydroxyl groups excluding tert-OH is 1. The molecule has 9 nitrogen and oxygen atoms in total. The van der Waals surface area contributed by atoms with Crippen molar-refractivity contribution in [3.8, 4) is 11.4 Å². The summed E-state index contributed by atoms with van der Waals surface area (Å²) in [6.07, 6.45) is -4.12. The molecule has 1 saturated heterocycles. The van der Waals surface area contributed by atoms with E-state index in [1.54, 1.807) is 18.2 Å². The monoisotopic (exact) mass is 564 g/mol. The lowest BCUT2D eigenvalue weighted by atomic mass is 10.0. The molecular weight excluding hydrogens is 537 g/mol. The highest BCUT2D eigenvalue weighted by atomic mass is 19.4. The Labute approximate surface area is 233 Å². The van der Waals surface area contributed by atoms with Crippen LogP contribution in [0.2, 0.25) is 0 Å². The number of aliphatic hydroxyl groups is 1. The number of morpholine rings is 1. The number of aromatic nitrogens is 3. The molecule has 1 amide bonds. The molecule has 0 saturated carbocycles. The van der Waals surface area contributed by atoms with Gasteiger partial charge in [0.2, 0.25) is 5.95 Å². The summed E-state index contributed by atoms with van der Waals surface area (Å²) in [6.45, 7) is 2.60. The van der Waals surface area contributed by atoms with Crippen LogP contribution < -0.4 is 16.0 Å². The van der Waals surface area contributed by atoms with E-state index < -0.39 is 24.3 Å². The van der Waals surface area contributed by atoms with Crippen molar-refractivity contribution in [3.63, 3.8) is 0 Å². The first kappa shape index (κ1) is 28.0. The highest BCUT2D eigenvalue weighted by Crippen LogP contribution is 2.31. The molecule has 4 N–H and O–H groups in total. The van der Waals surface area contributed by atoms with Gasteiger partial charge in [-0.05, 0) is 48.0 Å². The third-order valence-corrected chi connectivity index (χ3v) is 6.67. The van der Waals surface area contributed by atoms with Crippen molar-refractivity contribution < 1.29 is 27.8 Å². The summed E-state index contributed by atoms with van der Waals surface area (Å²) in [5, 5.41) is 12.8. The van der Waals surface area contributed by atoms with Gasteiger partial charge in [0.05, 0.1) is 25.4 Å². The van der Waals surface area contributed by atoms with Crippen LogP contribution in [-0.2, 0) is 23.9 Å². The van der Waals surface area contributed by atoms with Gasteiger partial charge in [0.15, 0.2) is 5.82 Å². The van der Waals surface area contributed by atoms with E-state index in [1.807, 2.05) is 24.3 Å². The molecule has 212 valence electrons. The first-order chi connectivity index (χ1) is 19.7. The van der Waals surface area contributed by atoms with Crippen molar-refractivity contribution in [1.29, 1.82) is 0 Å². The second-order valence-corrected chi connectivity index (χ2v) is 9.40. The lowest BCUT2D eigenvalue weighted by molar-refractivity contribution is -0.137. The summed E-state index contributed by atoms with van der Waals surface area (Å²) < 4.78 is 44.0. The summed E-state index contributed by atoms with van der Waals surface area (Å²) >= 11 is 0. The smallest absolute Gasteiger partial charge is 0.392 e. The number of nitrogens with two attached hydrogens (primary N) is 1. The Hall–Kier alpha value is -4.55. The van der Waals surface area contributed by atoms with Gasteiger partial charge in [-0.3, -0.25) is 4.79 Å². The number of nitrogens with one attached hydrogen (secondary N) is 1. The quantitative estimate of drug-likeness (QED) is 0.303. The number of carbonyl (C=O) groups excluding carboxylic acids is 1. The van der Waals surface area contributed by atoms with E-state index in [2.05, 4.69) is 25.2 Å². The predicted octanol–water partition coefficient (Wildman–Crippen LogP) is 4.31. The number of hydrogen-bond acceptors (Lipinski definition) is 8. The fourth-order valence-corrected chi connectivity index (χ4v) is 4.56. The van der Waals surface area contributed by atoms with Crippen LogP contribution in [0.4, 0.5) is 30.5 Å². The maximum atomic E-state index is 12.9. The van der Waals surface area contributed by atoms with Gasteiger partial charge in [-0.1, -0.05) is 24.3 Å². The lowest BCUT2D eigenvalue weighted by Crippen LogP contribution is -2.36. The average Bonchev–Trinajstić information content (AvgIpc) is 2.97. The molecular formula is C29H27F3N6O3.